The molecule has 118 valence electrons. The van der Waals surface area contributed by atoms with E-state index in [0.717, 1.165) is 16.8 Å². The smallest absolute Gasteiger partial charge is 0.233 e. The average Bonchev–Trinajstić information content (AvgIpc) is 3.02. The second kappa shape index (κ2) is 5.94. The van der Waals surface area contributed by atoms with E-state index in [9.17, 15) is 0 Å². The molecule has 0 N–H and O–H groups in total. The van der Waals surface area contributed by atoms with Gasteiger partial charge in [0, 0.05) is 5.02 Å². The van der Waals surface area contributed by atoms with Gasteiger partial charge in [-0.25, -0.2) is 14.6 Å². The minimum atomic E-state index is 0.470. The van der Waals surface area contributed by atoms with E-state index < -0.39 is 0 Å². The monoisotopic (exact) mass is 336 g/mol. The molecule has 0 bridgehead atoms. The van der Waals surface area contributed by atoms with E-state index in [1.807, 2.05) is 55.5 Å². The standard InChI is InChI=1S/C18H13ClN4O/c1-12-5-7-15(8-6-12)24-18-16-10-22-23(17(16)20-11-21-18)14-4-2-3-13(19)9-14/h2-11H,1H3. The number of fused-ring (bicyclic) bond motifs is 1. The van der Waals surface area contributed by atoms with Crippen LogP contribution >= 0.6 is 11.6 Å². The summed E-state index contributed by atoms with van der Waals surface area (Å²) < 4.78 is 7.60. The molecule has 0 saturated carbocycles. The molecule has 0 amide bonds. The van der Waals surface area contributed by atoms with Crippen molar-refractivity contribution in [3.8, 4) is 17.3 Å². The third-order valence-corrected chi connectivity index (χ3v) is 3.85. The van der Waals surface area contributed by atoms with Crippen LogP contribution < -0.4 is 4.74 Å². The largest absolute Gasteiger partial charge is 0.438 e. The zero-order valence-electron chi connectivity index (χ0n) is 12.8. The third kappa shape index (κ3) is 2.70. The Bertz CT molecular complexity index is 1010. The summed E-state index contributed by atoms with van der Waals surface area (Å²) in [5.41, 5.74) is 2.66. The number of nitrogens with zero attached hydrogens (tertiary/aromatic N) is 4. The highest BCUT2D eigenvalue weighted by molar-refractivity contribution is 6.30. The summed E-state index contributed by atoms with van der Waals surface area (Å²) in [6.07, 6.45) is 3.16. The fourth-order valence-electron chi connectivity index (χ4n) is 2.42. The number of hydrogen-bond acceptors (Lipinski definition) is 4. The SMILES string of the molecule is Cc1ccc(Oc2ncnc3c2cnn3-c2cccc(Cl)c2)cc1. The molecule has 0 spiro atoms. The Balaban J connectivity index is 1.77. The van der Waals surface area contributed by atoms with E-state index in [2.05, 4.69) is 15.1 Å². The van der Waals surface area contributed by atoms with Crippen LogP contribution in [-0.4, -0.2) is 19.7 Å². The number of aromatic nitrogens is 4. The molecule has 0 aliphatic carbocycles. The molecule has 0 saturated heterocycles. The summed E-state index contributed by atoms with van der Waals surface area (Å²) in [6, 6.07) is 15.2. The number of rotatable bonds is 3. The van der Waals surface area contributed by atoms with Gasteiger partial charge in [0.25, 0.3) is 0 Å². The third-order valence-electron chi connectivity index (χ3n) is 3.62. The summed E-state index contributed by atoms with van der Waals surface area (Å²) in [5.74, 6) is 1.19. The van der Waals surface area contributed by atoms with Gasteiger partial charge < -0.3 is 4.74 Å². The topological polar surface area (TPSA) is 52.8 Å². The van der Waals surface area contributed by atoms with Gasteiger partial charge in [-0.05, 0) is 37.3 Å². The first-order valence-corrected chi connectivity index (χ1v) is 7.78. The number of benzene rings is 2. The fraction of sp³-hybridized carbons (Fsp3) is 0.0556. The molecule has 2 heterocycles. The predicted octanol–water partition coefficient (Wildman–Crippen LogP) is 4.57. The molecule has 0 radical (unpaired) electrons. The predicted molar refractivity (Wildman–Crippen MR) is 92.9 cm³/mol. The highest BCUT2D eigenvalue weighted by Gasteiger charge is 2.13. The highest BCUT2D eigenvalue weighted by atomic mass is 35.5. The van der Waals surface area contributed by atoms with Gasteiger partial charge in [-0.2, -0.15) is 5.10 Å². The Morgan fingerprint density at radius 3 is 2.67 bits per heavy atom. The minimum absolute atomic E-state index is 0.470. The summed E-state index contributed by atoms with van der Waals surface area (Å²) in [5, 5.41) is 5.77. The first-order chi connectivity index (χ1) is 11.7. The van der Waals surface area contributed by atoms with E-state index in [-0.39, 0.29) is 0 Å². The van der Waals surface area contributed by atoms with Crippen LogP contribution in [0.1, 0.15) is 5.56 Å². The van der Waals surface area contributed by atoms with E-state index >= 15 is 0 Å². The number of ether oxygens (including phenoxy) is 1. The van der Waals surface area contributed by atoms with Crippen molar-refractivity contribution in [1.29, 1.82) is 0 Å². The maximum Gasteiger partial charge on any atom is 0.233 e. The van der Waals surface area contributed by atoms with Crippen molar-refractivity contribution in [2.75, 3.05) is 0 Å². The quantitative estimate of drug-likeness (QED) is 0.550. The molecule has 6 heteroatoms. The van der Waals surface area contributed by atoms with E-state index in [4.69, 9.17) is 16.3 Å². The van der Waals surface area contributed by atoms with Crippen molar-refractivity contribution in [1.82, 2.24) is 19.7 Å². The zero-order chi connectivity index (χ0) is 16.5. The highest BCUT2D eigenvalue weighted by Crippen LogP contribution is 2.28. The second-order valence-electron chi connectivity index (χ2n) is 5.37. The van der Waals surface area contributed by atoms with Gasteiger partial charge in [0.05, 0.1) is 11.9 Å². The molecular weight excluding hydrogens is 324 g/mol. The molecule has 0 fully saturated rings. The van der Waals surface area contributed by atoms with Crippen molar-refractivity contribution in [2.24, 2.45) is 0 Å². The lowest BCUT2D eigenvalue weighted by Crippen LogP contribution is -1.98. The first-order valence-electron chi connectivity index (χ1n) is 7.40. The van der Waals surface area contributed by atoms with Crippen molar-refractivity contribution in [3.63, 3.8) is 0 Å². The average molecular weight is 337 g/mol. The Labute approximate surface area is 143 Å². The summed E-state index contributed by atoms with van der Waals surface area (Å²) in [6.45, 7) is 2.03. The molecule has 0 atom stereocenters. The second-order valence-corrected chi connectivity index (χ2v) is 5.80. The van der Waals surface area contributed by atoms with Crippen LogP contribution in [-0.2, 0) is 0 Å². The van der Waals surface area contributed by atoms with E-state index in [1.165, 1.54) is 11.9 Å². The van der Waals surface area contributed by atoms with Crippen molar-refractivity contribution in [2.45, 2.75) is 6.92 Å². The number of aryl methyl sites for hydroxylation is 1. The van der Waals surface area contributed by atoms with Gasteiger partial charge >= 0.3 is 0 Å². The van der Waals surface area contributed by atoms with Gasteiger partial charge in [0.1, 0.15) is 17.5 Å². The lowest BCUT2D eigenvalue weighted by molar-refractivity contribution is 0.468. The number of hydrogen-bond donors (Lipinski definition) is 0. The van der Waals surface area contributed by atoms with E-state index in [0.29, 0.717) is 16.5 Å². The van der Waals surface area contributed by atoms with Crippen molar-refractivity contribution >= 4 is 22.6 Å². The van der Waals surface area contributed by atoms with Crippen LogP contribution in [0.4, 0.5) is 0 Å². The van der Waals surface area contributed by atoms with E-state index in [1.54, 1.807) is 10.9 Å². The van der Waals surface area contributed by atoms with Crippen LogP contribution in [0.2, 0.25) is 5.02 Å². The molecule has 4 rings (SSSR count). The van der Waals surface area contributed by atoms with Crippen molar-refractivity contribution < 1.29 is 4.74 Å². The van der Waals surface area contributed by atoms with Crippen LogP contribution in [0.15, 0.2) is 61.1 Å². The fourth-order valence-corrected chi connectivity index (χ4v) is 2.60. The first kappa shape index (κ1) is 14.7. The normalized spacial score (nSPS) is 10.9. The van der Waals surface area contributed by atoms with Crippen LogP contribution in [0.25, 0.3) is 16.7 Å². The van der Waals surface area contributed by atoms with Crippen LogP contribution in [0, 0.1) is 6.92 Å². The van der Waals surface area contributed by atoms with Crippen LogP contribution in [0.3, 0.4) is 0 Å². The Kier molecular flexibility index (Phi) is 3.63. The molecule has 0 aliphatic heterocycles. The molecule has 2 aromatic heterocycles. The van der Waals surface area contributed by atoms with Gasteiger partial charge in [0.2, 0.25) is 5.88 Å². The van der Waals surface area contributed by atoms with Crippen molar-refractivity contribution in [3.05, 3.63) is 71.6 Å². The summed E-state index contributed by atoms with van der Waals surface area (Å²) >= 11 is 6.07. The Morgan fingerprint density at radius 1 is 1.04 bits per heavy atom. The molecular formula is C18H13ClN4O. The van der Waals surface area contributed by atoms with Gasteiger partial charge in [-0.3, -0.25) is 0 Å². The maximum atomic E-state index is 6.07. The van der Waals surface area contributed by atoms with Gasteiger partial charge in [-0.15, -0.1) is 0 Å². The summed E-state index contributed by atoms with van der Waals surface area (Å²) in [7, 11) is 0. The molecule has 5 nitrogen and oxygen atoms in total. The summed E-state index contributed by atoms with van der Waals surface area (Å²) in [4.78, 5) is 8.57. The minimum Gasteiger partial charge on any atom is -0.438 e. The lowest BCUT2D eigenvalue weighted by Gasteiger charge is -2.06. The molecule has 24 heavy (non-hydrogen) atoms. The molecule has 4 aromatic rings. The Hall–Kier alpha value is -2.92. The van der Waals surface area contributed by atoms with Gasteiger partial charge in [0.15, 0.2) is 5.65 Å². The van der Waals surface area contributed by atoms with Gasteiger partial charge in [-0.1, -0.05) is 35.4 Å². The molecule has 0 aliphatic rings. The lowest BCUT2D eigenvalue weighted by atomic mass is 10.2. The maximum absolute atomic E-state index is 6.07. The molecule has 0 unspecified atom stereocenters. The Morgan fingerprint density at radius 2 is 1.88 bits per heavy atom. The van der Waals surface area contributed by atoms with Crippen LogP contribution in [0.5, 0.6) is 11.6 Å². The number of halogens is 1. The zero-order valence-corrected chi connectivity index (χ0v) is 13.6. The molecule has 2 aromatic carbocycles.